The number of sulfonamides is 1. The molecule has 150 valence electrons. The standard InChI is InChI=1S/C19H24N4O4S/c20-12-13-1-5-16(6-2-13)28(25,26)23-9-7-15(8-10-23)21-19(24)17-11-18(27-22-17)14-3-4-14/h1-2,5-6,11,14-15H,3-4,7-10,12,20H2,(H,21,24). The molecule has 1 aliphatic carbocycles. The average molecular weight is 404 g/mol. The summed E-state index contributed by atoms with van der Waals surface area (Å²) in [4.78, 5) is 12.6. The number of piperidine rings is 1. The zero-order valence-corrected chi connectivity index (χ0v) is 16.3. The number of amides is 1. The Morgan fingerprint density at radius 3 is 2.46 bits per heavy atom. The molecule has 2 aromatic rings. The van der Waals surface area contributed by atoms with Crippen molar-refractivity contribution in [3.8, 4) is 0 Å². The fraction of sp³-hybridized carbons (Fsp3) is 0.474. The van der Waals surface area contributed by atoms with Crippen molar-refractivity contribution < 1.29 is 17.7 Å². The second-order valence-electron chi connectivity index (χ2n) is 7.39. The van der Waals surface area contributed by atoms with E-state index in [1.165, 1.54) is 4.31 Å². The number of aromatic nitrogens is 1. The van der Waals surface area contributed by atoms with Crippen LogP contribution in [0.25, 0.3) is 0 Å². The minimum Gasteiger partial charge on any atom is -0.360 e. The van der Waals surface area contributed by atoms with Crippen LogP contribution in [0.1, 0.15) is 53.4 Å². The number of nitrogens with zero attached hydrogens (tertiary/aromatic N) is 2. The van der Waals surface area contributed by atoms with Crippen LogP contribution in [-0.2, 0) is 16.6 Å². The molecule has 2 heterocycles. The lowest BCUT2D eigenvalue weighted by Gasteiger charge is -2.31. The SMILES string of the molecule is NCc1ccc(S(=O)(=O)N2CCC(NC(=O)c3cc(C4CC4)on3)CC2)cc1. The van der Waals surface area contributed by atoms with Gasteiger partial charge in [0.05, 0.1) is 4.90 Å². The number of nitrogens with one attached hydrogen (secondary N) is 1. The van der Waals surface area contributed by atoms with E-state index in [0.717, 1.165) is 24.2 Å². The lowest BCUT2D eigenvalue weighted by molar-refractivity contribution is 0.0914. The molecule has 9 heteroatoms. The Morgan fingerprint density at radius 1 is 1.18 bits per heavy atom. The van der Waals surface area contributed by atoms with Crippen molar-refractivity contribution in [3.05, 3.63) is 47.3 Å². The highest BCUT2D eigenvalue weighted by Crippen LogP contribution is 2.40. The number of carbonyl (C=O) groups is 1. The first kappa shape index (κ1) is 19.1. The van der Waals surface area contributed by atoms with Gasteiger partial charge in [-0.15, -0.1) is 0 Å². The molecule has 2 fully saturated rings. The number of hydrogen-bond acceptors (Lipinski definition) is 6. The zero-order chi connectivity index (χ0) is 19.7. The summed E-state index contributed by atoms with van der Waals surface area (Å²) in [5, 5.41) is 6.79. The van der Waals surface area contributed by atoms with Crippen molar-refractivity contribution in [3.63, 3.8) is 0 Å². The first-order valence-corrected chi connectivity index (χ1v) is 11.0. The Balaban J connectivity index is 1.33. The number of rotatable bonds is 6. The molecule has 1 saturated carbocycles. The molecule has 8 nitrogen and oxygen atoms in total. The Morgan fingerprint density at radius 2 is 1.86 bits per heavy atom. The summed E-state index contributed by atoms with van der Waals surface area (Å²) in [6.07, 6.45) is 3.27. The minimum atomic E-state index is -3.54. The van der Waals surface area contributed by atoms with Gasteiger partial charge in [0.2, 0.25) is 10.0 Å². The number of hydrogen-bond donors (Lipinski definition) is 2. The molecule has 28 heavy (non-hydrogen) atoms. The molecule has 1 aromatic heterocycles. The number of benzene rings is 1. The van der Waals surface area contributed by atoms with Gasteiger partial charge in [0.15, 0.2) is 5.69 Å². The third kappa shape index (κ3) is 3.96. The summed E-state index contributed by atoms with van der Waals surface area (Å²) in [5.74, 6) is 0.905. The Labute approximate surface area is 164 Å². The first-order chi connectivity index (χ1) is 13.5. The van der Waals surface area contributed by atoms with Crippen LogP contribution in [0, 0.1) is 0 Å². The zero-order valence-electron chi connectivity index (χ0n) is 15.5. The van der Waals surface area contributed by atoms with E-state index in [9.17, 15) is 13.2 Å². The molecule has 1 aromatic carbocycles. The van der Waals surface area contributed by atoms with Gasteiger partial charge in [-0.25, -0.2) is 8.42 Å². The minimum absolute atomic E-state index is 0.0837. The van der Waals surface area contributed by atoms with Crippen LogP contribution in [-0.4, -0.2) is 42.9 Å². The largest absolute Gasteiger partial charge is 0.360 e. The molecule has 3 N–H and O–H groups in total. The van der Waals surface area contributed by atoms with Gasteiger partial charge in [-0.2, -0.15) is 4.31 Å². The molecule has 1 amide bonds. The van der Waals surface area contributed by atoms with E-state index in [0.29, 0.717) is 38.4 Å². The van der Waals surface area contributed by atoms with Crippen LogP contribution in [0.15, 0.2) is 39.8 Å². The highest BCUT2D eigenvalue weighted by Gasteiger charge is 2.32. The summed E-state index contributed by atoms with van der Waals surface area (Å²) in [6, 6.07) is 8.26. The summed E-state index contributed by atoms with van der Waals surface area (Å²) in [7, 11) is -3.54. The topological polar surface area (TPSA) is 119 Å². The van der Waals surface area contributed by atoms with Gasteiger partial charge in [-0.3, -0.25) is 4.79 Å². The maximum Gasteiger partial charge on any atom is 0.273 e. The van der Waals surface area contributed by atoms with E-state index in [4.69, 9.17) is 10.3 Å². The number of nitrogens with two attached hydrogens (primary N) is 1. The smallest absolute Gasteiger partial charge is 0.273 e. The van der Waals surface area contributed by atoms with Crippen molar-refractivity contribution >= 4 is 15.9 Å². The molecule has 1 saturated heterocycles. The van der Waals surface area contributed by atoms with E-state index in [1.807, 2.05) is 0 Å². The second-order valence-corrected chi connectivity index (χ2v) is 9.33. The van der Waals surface area contributed by atoms with Gasteiger partial charge in [-0.05, 0) is 43.4 Å². The van der Waals surface area contributed by atoms with E-state index in [-0.39, 0.29) is 22.5 Å². The molecule has 2 aliphatic rings. The van der Waals surface area contributed by atoms with E-state index in [1.54, 1.807) is 30.3 Å². The number of carbonyl (C=O) groups excluding carboxylic acids is 1. The average Bonchev–Trinajstić information content (AvgIpc) is 3.45. The van der Waals surface area contributed by atoms with E-state index < -0.39 is 10.0 Å². The fourth-order valence-electron chi connectivity index (χ4n) is 3.40. The van der Waals surface area contributed by atoms with E-state index in [2.05, 4.69) is 10.5 Å². The van der Waals surface area contributed by atoms with Crippen LogP contribution < -0.4 is 11.1 Å². The normalized spacial score (nSPS) is 18.9. The third-order valence-electron chi connectivity index (χ3n) is 5.33. The van der Waals surface area contributed by atoms with Crippen LogP contribution in [0.2, 0.25) is 0 Å². The predicted octanol–water partition coefficient (Wildman–Crippen LogP) is 1.59. The predicted molar refractivity (Wildman–Crippen MR) is 102 cm³/mol. The van der Waals surface area contributed by atoms with Crippen molar-refractivity contribution in [2.75, 3.05) is 13.1 Å². The summed E-state index contributed by atoms with van der Waals surface area (Å²) in [6.45, 7) is 1.09. The van der Waals surface area contributed by atoms with Gasteiger partial charge in [0, 0.05) is 37.7 Å². The molecule has 0 spiro atoms. The molecule has 0 radical (unpaired) electrons. The van der Waals surface area contributed by atoms with E-state index >= 15 is 0 Å². The third-order valence-corrected chi connectivity index (χ3v) is 7.24. The summed E-state index contributed by atoms with van der Waals surface area (Å²) >= 11 is 0. The molecular weight excluding hydrogens is 380 g/mol. The molecule has 0 atom stereocenters. The van der Waals surface area contributed by atoms with Gasteiger partial charge in [-0.1, -0.05) is 17.3 Å². The first-order valence-electron chi connectivity index (χ1n) is 9.54. The lowest BCUT2D eigenvalue weighted by Crippen LogP contribution is -2.46. The van der Waals surface area contributed by atoms with Crippen molar-refractivity contribution in [2.24, 2.45) is 5.73 Å². The Kier molecular flexibility index (Phi) is 5.22. The molecule has 0 bridgehead atoms. The maximum absolute atomic E-state index is 12.8. The van der Waals surface area contributed by atoms with Crippen molar-refractivity contribution in [1.29, 1.82) is 0 Å². The van der Waals surface area contributed by atoms with Gasteiger partial charge < -0.3 is 15.6 Å². The lowest BCUT2D eigenvalue weighted by atomic mass is 10.1. The highest BCUT2D eigenvalue weighted by molar-refractivity contribution is 7.89. The second kappa shape index (κ2) is 7.65. The molecular formula is C19H24N4O4S. The summed E-state index contributed by atoms with van der Waals surface area (Å²) in [5.41, 5.74) is 6.74. The molecule has 4 rings (SSSR count). The van der Waals surface area contributed by atoms with Gasteiger partial charge >= 0.3 is 0 Å². The molecule has 1 aliphatic heterocycles. The van der Waals surface area contributed by atoms with Crippen molar-refractivity contribution in [1.82, 2.24) is 14.8 Å². The van der Waals surface area contributed by atoms with Crippen LogP contribution >= 0.6 is 0 Å². The Hall–Kier alpha value is -2.23. The quantitative estimate of drug-likeness (QED) is 0.755. The van der Waals surface area contributed by atoms with Crippen LogP contribution in [0.3, 0.4) is 0 Å². The van der Waals surface area contributed by atoms with Crippen LogP contribution in [0.5, 0.6) is 0 Å². The van der Waals surface area contributed by atoms with Gasteiger partial charge in [0.1, 0.15) is 5.76 Å². The Bertz CT molecular complexity index is 943. The van der Waals surface area contributed by atoms with Gasteiger partial charge in [0.25, 0.3) is 5.91 Å². The van der Waals surface area contributed by atoms with Crippen LogP contribution in [0.4, 0.5) is 0 Å². The molecule has 0 unspecified atom stereocenters. The fourth-order valence-corrected chi connectivity index (χ4v) is 4.87. The highest BCUT2D eigenvalue weighted by atomic mass is 32.2. The maximum atomic E-state index is 12.8. The summed E-state index contributed by atoms with van der Waals surface area (Å²) < 4.78 is 32.3. The van der Waals surface area contributed by atoms with Crippen molar-refractivity contribution in [2.45, 2.75) is 49.1 Å². The monoisotopic (exact) mass is 404 g/mol.